The number of carbonyl (C=O) groups excluding carboxylic acids is 1. The van der Waals surface area contributed by atoms with Crippen LogP contribution in [0.3, 0.4) is 0 Å². The van der Waals surface area contributed by atoms with E-state index in [1.165, 1.54) is 0 Å². The van der Waals surface area contributed by atoms with Gasteiger partial charge in [-0.3, -0.25) is 4.79 Å². The Labute approximate surface area is 190 Å². The Morgan fingerprint density at radius 2 is 1.72 bits per heavy atom. The van der Waals surface area contributed by atoms with Gasteiger partial charge in [0.05, 0.1) is 24.9 Å². The molecule has 0 bridgehead atoms. The van der Waals surface area contributed by atoms with Gasteiger partial charge in [-0.05, 0) is 81.0 Å². The van der Waals surface area contributed by atoms with Crippen LogP contribution in [-0.2, 0) is 11.2 Å². The third-order valence-electron chi connectivity index (χ3n) is 6.41. The number of nitrogens with one attached hydrogen (secondary N) is 1. The van der Waals surface area contributed by atoms with E-state index < -0.39 is 5.60 Å². The first-order valence-electron chi connectivity index (χ1n) is 11.3. The van der Waals surface area contributed by atoms with Gasteiger partial charge in [-0.2, -0.15) is 0 Å². The molecule has 1 aliphatic rings. The summed E-state index contributed by atoms with van der Waals surface area (Å²) >= 11 is 0. The van der Waals surface area contributed by atoms with Crippen molar-refractivity contribution in [2.24, 2.45) is 11.8 Å². The van der Waals surface area contributed by atoms with Gasteiger partial charge in [0.1, 0.15) is 5.75 Å². The van der Waals surface area contributed by atoms with E-state index in [1.54, 1.807) is 31.4 Å². The van der Waals surface area contributed by atoms with Crippen molar-refractivity contribution in [3.8, 4) is 5.75 Å². The van der Waals surface area contributed by atoms with Gasteiger partial charge in [0, 0.05) is 23.8 Å². The molecule has 4 atom stereocenters. The molecule has 32 heavy (non-hydrogen) atoms. The van der Waals surface area contributed by atoms with Gasteiger partial charge in [0.2, 0.25) is 0 Å². The van der Waals surface area contributed by atoms with Crippen LogP contribution >= 0.6 is 0 Å². The summed E-state index contributed by atoms with van der Waals surface area (Å²) in [4.78, 5) is 12.4. The molecule has 1 aliphatic heterocycles. The quantitative estimate of drug-likeness (QED) is 0.546. The number of aliphatic hydroxyl groups excluding tert-OH is 1. The molecule has 3 N–H and O–H groups in total. The first-order chi connectivity index (χ1) is 15.2. The third-order valence-corrected chi connectivity index (χ3v) is 6.41. The van der Waals surface area contributed by atoms with E-state index in [0.717, 1.165) is 24.1 Å². The molecule has 1 amide bonds. The SMILES string of the molecule is COc1ccc(C(=O)Nc2ccc(CC[C@@H]3O[C@H](CCO)[C@@H](C(C)(C)O)[C@@H]3C)cc2)cc1. The number of benzene rings is 2. The summed E-state index contributed by atoms with van der Waals surface area (Å²) < 4.78 is 11.4. The number of hydrogen-bond acceptors (Lipinski definition) is 5. The maximum absolute atomic E-state index is 12.4. The van der Waals surface area contributed by atoms with Crippen LogP contribution in [0.15, 0.2) is 48.5 Å². The lowest BCUT2D eigenvalue weighted by Crippen LogP contribution is -2.40. The molecule has 0 aliphatic carbocycles. The Hall–Kier alpha value is -2.41. The zero-order chi connectivity index (χ0) is 23.3. The Morgan fingerprint density at radius 3 is 2.28 bits per heavy atom. The number of hydrogen-bond donors (Lipinski definition) is 3. The number of methoxy groups -OCH3 is 1. The molecular formula is C26H35NO5. The standard InChI is InChI=1S/C26H35NO5/c1-17-22(32-23(15-16-28)24(17)26(2,3)30)14-7-18-5-10-20(11-6-18)27-25(29)19-8-12-21(31-4)13-9-19/h5-6,8-13,17,22-24,28,30H,7,14-16H2,1-4H3,(H,27,29)/t17-,22+,23-,24+/m1/s1. The molecule has 1 heterocycles. The lowest BCUT2D eigenvalue weighted by atomic mass is 9.76. The van der Waals surface area contributed by atoms with Gasteiger partial charge >= 0.3 is 0 Å². The van der Waals surface area contributed by atoms with Crippen LogP contribution in [0.4, 0.5) is 5.69 Å². The number of rotatable bonds is 9. The molecule has 3 rings (SSSR count). The van der Waals surface area contributed by atoms with E-state index in [0.29, 0.717) is 17.7 Å². The van der Waals surface area contributed by atoms with E-state index in [1.807, 2.05) is 38.1 Å². The normalized spacial score (nSPS) is 23.2. The summed E-state index contributed by atoms with van der Waals surface area (Å²) in [6.07, 6.45) is 2.13. The van der Waals surface area contributed by atoms with Crippen LogP contribution in [-0.4, -0.2) is 47.6 Å². The second-order valence-corrected chi connectivity index (χ2v) is 9.18. The van der Waals surface area contributed by atoms with Crippen LogP contribution in [0.1, 0.15) is 49.5 Å². The van der Waals surface area contributed by atoms with Crippen LogP contribution in [0.25, 0.3) is 0 Å². The molecule has 0 radical (unpaired) electrons. The molecule has 174 valence electrons. The second-order valence-electron chi connectivity index (χ2n) is 9.18. The van der Waals surface area contributed by atoms with Crippen molar-refractivity contribution < 1.29 is 24.5 Å². The van der Waals surface area contributed by atoms with E-state index in [4.69, 9.17) is 9.47 Å². The van der Waals surface area contributed by atoms with Crippen molar-refractivity contribution in [2.75, 3.05) is 19.0 Å². The minimum absolute atomic E-state index is 0.00445. The average molecular weight is 442 g/mol. The fourth-order valence-corrected chi connectivity index (χ4v) is 4.82. The first-order valence-corrected chi connectivity index (χ1v) is 11.3. The predicted octanol–water partition coefficient (Wildman–Crippen LogP) is 4.05. The van der Waals surface area contributed by atoms with Crippen molar-refractivity contribution >= 4 is 11.6 Å². The highest BCUT2D eigenvalue weighted by molar-refractivity contribution is 6.04. The van der Waals surface area contributed by atoms with Gasteiger partial charge in [0.15, 0.2) is 0 Å². The smallest absolute Gasteiger partial charge is 0.255 e. The highest BCUT2D eigenvalue weighted by Gasteiger charge is 2.47. The highest BCUT2D eigenvalue weighted by atomic mass is 16.5. The monoisotopic (exact) mass is 441 g/mol. The first kappa shape index (κ1) is 24.2. The zero-order valence-electron chi connectivity index (χ0n) is 19.4. The second kappa shape index (κ2) is 10.5. The third kappa shape index (κ3) is 5.88. The number of anilines is 1. The van der Waals surface area contributed by atoms with Crippen LogP contribution < -0.4 is 10.1 Å². The minimum atomic E-state index is -0.849. The van der Waals surface area contributed by atoms with Crippen LogP contribution in [0.5, 0.6) is 5.75 Å². The number of amides is 1. The highest BCUT2D eigenvalue weighted by Crippen LogP contribution is 2.42. The van der Waals surface area contributed by atoms with Gasteiger partial charge in [-0.15, -0.1) is 0 Å². The van der Waals surface area contributed by atoms with Crippen molar-refractivity contribution in [1.29, 1.82) is 0 Å². The fraction of sp³-hybridized carbons (Fsp3) is 0.500. The summed E-state index contributed by atoms with van der Waals surface area (Å²) in [6, 6.07) is 14.8. The summed E-state index contributed by atoms with van der Waals surface area (Å²) in [5.41, 5.74) is 1.62. The number of carbonyl (C=O) groups is 1. The molecular weight excluding hydrogens is 406 g/mol. The topological polar surface area (TPSA) is 88.0 Å². The molecule has 2 aromatic carbocycles. The Bertz CT molecular complexity index is 873. The van der Waals surface area contributed by atoms with Crippen molar-refractivity contribution in [3.63, 3.8) is 0 Å². The molecule has 6 heteroatoms. The van der Waals surface area contributed by atoms with Gasteiger partial charge < -0.3 is 25.0 Å². The largest absolute Gasteiger partial charge is 0.497 e. The Balaban J connectivity index is 1.56. The van der Waals surface area contributed by atoms with Gasteiger partial charge in [0.25, 0.3) is 5.91 Å². The zero-order valence-corrected chi connectivity index (χ0v) is 19.4. The van der Waals surface area contributed by atoms with E-state index in [2.05, 4.69) is 12.2 Å². The van der Waals surface area contributed by atoms with Crippen molar-refractivity contribution in [3.05, 3.63) is 59.7 Å². The van der Waals surface area contributed by atoms with Crippen molar-refractivity contribution in [1.82, 2.24) is 0 Å². The number of ether oxygens (including phenoxy) is 2. The van der Waals surface area contributed by atoms with Crippen LogP contribution in [0.2, 0.25) is 0 Å². The lowest BCUT2D eigenvalue weighted by Gasteiger charge is -2.32. The molecule has 2 aromatic rings. The Kier molecular flexibility index (Phi) is 7.93. The molecule has 1 fully saturated rings. The summed E-state index contributed by atoms with van der Waals surface area (Å²) in [6.45, 7) is 5.83. The Morgan fingerprint density at radius 1 is 1.06 bits per heavy atom. The van der Waals surface area contributed by atoms with Gasteiger partial charge in [-0.25, -0.2) is 0 Å². The van der Waals surface area contributed by atoms with E-state index in [-0.39, 0.29) is 36.6 Å². The van der Waals surface area contributed by atoms with E-state index in [9.17, 15) is 15.0 Å². The maximum Gasteiger partial charge on any atom is 0.255 e. The van der Waals surface area contributed by atoms with Crippen LogP contribution in [0, 0.1) is 11.8 Å². The number of aryl methyl sites for hydroxylation is 1. The molecule has 0 aromatic heterocycles. The molecule has 1 saturated heterocycles. The van der Waals surface area contributed by atoms with Gasteiger partial charge in [-0.1, -0.05) is 19.1 Å². The minimum Gasteiger partial charge on any atom is -0.497 e. The number of aliphatic hydroxyl groups is 2. The lowest BCUT2D eigenvalue weighted by molar-refractivity contribution is -0.0424. The van der Waals surface area contributed by atoms with E-state index >= 15 is 0 Å². The summed E-state index contributed by atoms with van der Waals surface area (Å²) in [5, 5.41) is 22.9. The molecule has 0 spiro atoms. The summed E-state index contributed by atoms with van der Waals surface area (Å²) in [5.74, 6) is 0.744. The summed E-state index contributed by atoms with van der Waals surface area (Å²) in [7, 11) is 1.59. The fourth-order valence-electron chi connectivity index (χ4n) is 4.82. The maximum atomic E-state index is 12.4. The molecule has 0 unspecified atom stereocenters. The molecule has 6 nitrogen and oxygen atoms in total. The molecule has 0 saturated carbocycles. The average Bonchev–Trinajstić information content (AvgIpc) is 3.08. The predicted molar refractivity (Wildman–Crippen MR) is 125 cm³/mol. The van der Waals surface area contributed by atoms with Crippen molar-refractivity contribution in [2.45, 2.75) is 57.8 Å².